The van der Waals surface area contributed by atoms with Crippen molar-refractivity contribution in [1.29, 1.82) is 0 Å². The molecule has 2 aromatic carbocycles. The van der Waals surface area contributed by atoms with Crippen LogP contribution in [0.3, 0.4) is 0 Å². The molecule has 0 aliphatic heterocycles. The van der Waals surface area contributed by atoms with Crippen LogP contribution in [0.25, 0.3) is 0 Å². The lowest BCUT2D eigenvalue weighted by molar-refractivity contribution is 0.373. The lowest BCUT2D eigenvalue weighted by Crippen LogP contribution is -1.91. The number of aromatic hydroxyl groups is 1. The summed E-state index contributed by atoms with van der Waals surface area (Å²) in [6, 6.07) is 14.7. The van der Waals surface area contributed by atoms with Crippen molar-refractivity contribution in [1.82, 2.24) is 0 Å². The number of phenolic OH excluding ortho intramolecular Hbond substituents is 1. The van der Waals surface area contributed by atoms with Crippen LogP contribution in [-0.2, 0) is 0 Å². The number of nitrogens with one attached hydrogen (secondary N) is 1. The fourth-order valence-corrected chi connectivity index (χ4v) is 1.47. The molecular weight excluding hydrogens is 228 g/mol. The molecule has 2 rings (SSSR count). The van der Waals surface area contributed by atoms with E-state index in [1.807, 2.05) is 30.3 Å². The lowest BCUT2D eigenvalue weighted by Gasteiger charge is -2.03. The van der Waals surface area contributed by atoms with Crippen molar-refractivity contribution >= 4 is 11.9 Å². The fourth-order valence-electron chi connectivity index (χ4n) is 1.47. The number of hydrogen-bond acceptors (Lipinski definition) is 4. The molecule has 0 aliphatic rings. The molecular formula is C14H14N2O2. The highest BCUT2D eigenvalue weighted by Gasteiger charge is 2.00. The molecule has 2 N–H and O–H groups in total. The summed E-state index contributed by atoms with van der Waals surface area (Å²) in [5.41, 5.74) is 4.67. The molecule has 0 atom stereocenters. The van der Waals surface area contributed by atoms with Crippen LogP contribution in [0.4, 0.5) is 5.69 Å². The predicted molar refractivity (Wildman–Crippen MR) is 72.3 cm³/mol. The van der Waals surface area contributed by atoms with Crippen LogP contribution in [0, 0.1) is 0 Å². The molecule has 0 radical (unpaired) electrons. The minimum Gasteiger partial charge on any atom is -0.504 e. The summed E-state index contributed by atoms with van der Waals surface area (Å²) in [5, 5.41) is 13.6. The molecule has 2 aromatic rings. The molecule has 0 aliphatic carbocycles. The van der Waals surface area contributed by atoms with Crippen molar-refractivity contribution in [2.24, 2.45) is 5.10 Å². The minimum atomic E-state index is 0.116. The van der Waals surface area contributed by atoms with Crippen LogP contribution in [-0.4, -0.2) is 18.4 Å². The second-order valence-corrected chi connectivity index (χ2v) is 3.67. The zero-order valence-corrected chi connectivity index (χ0v) is 10.00. The van der Waals surface area contributed by atoms with E-state index in [0.29, 0.717) is 5.75 Å². The van der Waals surface area contributed by atoms with Gasteiger partial charge >= 0.3 is 0 Å². The van der Waals surface area contributed by atoms with E-state index in [9.17, 15) is 5.11 Å². The van der Waals surface area contributed by atoms with E-state index in [1.54, 1.807) is 24.4 Å². The Kier molecular flexibility index (Phi) is 3.81. The third kappa shape index (κ3) is 3.01. The number of nitrogens with zero attached hydrogens (tertiary/aromatic N) is 1. The van der Waals surface area contributed by atoms with E-state index in [1.165, 1.54) is 7.11 Å². The van der Waals surface area contributed by atoms with Gasteiger partial charge in [-0.1, -0.05) is 18.2 Å². The Labute approximate surface area is 106 Å². The number of hydrogen-bond donors (Lipinski definition) is 2. The van der Waals surface area contributed by atoms with Gasteiger partial charge in [-0.15, -0.1) is 0 Å². The fraction of sp³-hybridized carbons (Fsp3) is 0.0714. The SMILES string of the molecule is COc1cc(/C=N\Nc2ccccc2)ccc1O. The van der Waals surface area contributed by atoms with Gasteiger partial charge in [-0.2, -0.15) is 5.10 Å². The summed E-state index contributed by atoms with van der Waals surface area (Å²) in [4.78, 5) is 0. The third-order valence-electron chi connectivity index (χ3n) is 2.38. The van der Waals surface area contributed by atoms with Crippen LogP contribution < -0.4 is 10.2 Å². The Morgan fingerprint density at radius 3 is 2.67 bits per heavy atom. The molecule has 92 valence electrons. The van der Waals surface area contributed by atoms with E-state index >= 15 is 0 Å². The molecule has 0 unspecified atom stereocenters. The van der Waals surface area contributed by atoms with Gasteiger partial charge in [0.25, 0.3) is 0 Å². The standard InChI is InChI=1S/C14H14N2O2/c1-18-14-9-11(7-8-13(14)17)10-15-16-12-5-3-2-4-6-12/h2-10,16-17H,1H3/b15-10-. The number of hydrazone groups is 1. The minimum absolute atomic E-state index is 0.116. The second-order valence-electron chi connectivity index (χ2n) is 3.67. The first-order valence-electron chi connectivity index (χ1n) is 5.51. The van der Waals surface area contributed by atoms with Crippen molar-refractivity contribution in [3.05, 3.63) is 54.1 Å². The molecule has 0 fully saturated rings. The lowest BCUT2D eigenvalue weighted by atomic mass is 10.2. The number of methoxy groups -OCH3 is 1. The zero-order chi connectivity index (χ0) is 12.8. The quantitative estimate of drug-likeness (QED) is 0.640. The summed E-state index contributed by atoms with van der Waals surface area (Å²) >= 11 is 0. The number of ether oxygens (including phenoxy) is 1. The Balaban J connectivity index is 2.05. The number of anilines is 1. The van der Waals surface area contributed by atoms with Gasteiger partial charge in [-0.05, 0) is 35.9 Å². The highest BCUT2D eigenvalue weighted by molar-refractivity contribution is 5.81. The number of para-hydroxylation sites is 1. The van der Waals surface area contributed by atoms with Crippen molar-refractivity contribution in [3.8, 4) is 11.5 Å². The van der Waals surface area contributed by atoms with Crippen molar-refractivity contribution in [3.63, 3.8) is 0 Å². The van der Waals surface area contributed by atoms with Gasteiger partial charge in [0.2, 0.25) is 0 Å². The van der Waals surface area contributed by atoms with E-state index in [-0.39, 0.29) is 5.75 Å². The molecule has 18 heavy (non-hydrogen) atoms. The van der Waals surface area contributed by atoms with Crippen LogP contribution in [0.1, 0.15) is 5.56 Å². The van der Waals surface area contributed by atoms with Crippen molar-refractivity contribution < 1.29 is 9.84 Å². The predicted octanol–water partition coefficient (Wildman–Crippen LogP) is 2.85. The van der Waals surface area contributed by atoms with Gasteiger partial charge in [0, 0.05) is 0 Å². The van der Waals surface area contributed by atoms with Gasteiger partial charge in [0.15, 0.2) is 11.5 Å². The first-order chi connectivity index (χ1) is 8.79. The number of benzene rings is 2. The van der Waals surface area contributed by atoms with Crippen LogP contribution in [0.2, 0.25) is 0 Å². The average molecular weight is 242 g/mol. The third-order valence-corrected chi connectivity index (χ3v) is 2.38. The van der Waals surface area contributed by atoms with E-state index in [4.69, 9.17) is 4.74 Å². The summed E-state index contributed by atoms with van der Waals surface area (Å²) in [7, 11) is 1.51. The van der Waals surface area contributed by atoms with Gasteiger partial charge in [-0.3, -0.25) is 5.43 Å². The Hall–Kier alpha value is -2.49. The van der Waals surface area contributed by atoms with E-state index < -0.39 is 0 Å². The molecule has 0 spiro atoms. The average Bonchev–Trinajstić information content (AvgIpc) is 2.42. The molecule has 0 aromatic heterocycles. The molecule has 0 bridgehead atoms. The molecule has 0 saturated heterocycles. The highest BCUT2D eigenvalue weighted by atomic mass is 16.5. The maximum atomic E-state index is 9.45. The molecule has 0 heterocycles. The Bertz CT molecular complexity index is 539. The van der Waals surface area contributed by atoms with Crippen LogP contribution >= 0.6 is 0 Å². The molecule has 4 heteroatoms. The summed E-state index contributed by atoms with van der Waals surface area (Å²) in [5.74, 6) is 0.546. The van der Waals surface area contributed by atoms with Crippen molar-refractivity contribution in [2.45, 2.75) is 0 Å². The molecule has 4 nitrogen and oxygen atoms in total. The number of phenols is 1. The second kappa shape index (κ2) is 5.72. The molecule has 0 amide bonds. The van der Waals surface area contributed by atoms with E-state index in [2.05, 4.69) is 10.5 Å². The monoisotopic (exact) mass is 242 g/mol. The normalized spacial score (nSPS) is 10.5. The van der Waals surface area contributed by atoms with E-state index in [0.717, 1.165) is 11.3 Å². The van der Waals surface area contributed by atoms with Gasteiger partial charge in [-0.25, -0.2) is 0 Å². The maximum absolute atomic E-state index is 9.45. The van der Waals surface area contributed by atoms with Gasteiger partial charge < -0.3 is 9.84 Å². The van der Waals surface area contributed by atoms with Crippen molar-refractivity contribution in [2.75, 3.05) is 12.5 Å². The smallest absolute Gasteiger partial charge is 0.161 e. The summed E-state index contributed by atoms with van der Waals surface area (Å²) in [6.45, 7) is 0. The van der Waals surface area contributed by atoms with Crippen LogP contribution in [0.15, 0.2) is 53.6 Å². The Morgan fingerprint density at radius 2 is 1.94 bits per heavy atom. The summed E-state index contributed by atoms with van der Waals surface area (Å²) < 4.78 is 5.02. The first kappa shape index (κ1) is 12.0. The number of rotatable bonds is 4. The van der Waals surface area contributed by atoms with Gasteiger partial charge in [0.05, 0.1) is 19.0 Å². The topological polar surface area (TPSA) is 53.8 Å². The van der Waals surface area contributed by atoms with Gasteiger partial charge in [0.1, 0.15) is 0 Å². The maximum Gasteiger partial charge on any atom is 0.161 e. The zero-order valence-electron chi connectivity index (χ0n) is 10.00. The molecule has 0 saturated carbocycles. The highest BCUT2D eigenvalue weighted by Crippen LogP contribution is 2.25. The van der Waals surface area contributed by atoms with Crippen LogP contribution in [0.5, 0.6) is 11.5 Å². The summed E-state index contributed by atoms with van der Waals surface area (Å²) in [6.07, 6.45) is 1.66. The first-order valence-corrected chi connectivity index (χ1v) is 5.51. The largest absolute Gasteiger partial charge is 0.504 e. The Morgan fingerprint density at radius 1 is 1.17 bits per heavy atom.